The third-order valence-electron chi connectivity index (χ3n) is 3.87. The first kappa shape index (κ1) is 19.1. The van der Waals surface area contributed by atoms with E-state index in [9.17, 15) is 9.59 Å². The summed E-state index contributed by atoms with van der Waals surface area (Å²) in [5.41, 5.74) is 0.640. The number of rotatable bonds is 9. The molecule has 2 N–H and O–H groups in total. The standard InChI is InChI=1S/C18H23ClN2O4/c1-13(21-17(23)25-12-18(2)8-9-18)7-10-20-16(22)11-24-15-5-3-14(19)4-6-15/h3-6H,1,7-12H2,2H3,(H,20,22)(H,21,23). The molecule has 0 radical (unpaired) electrons. The van der Waals surface area contributed by atoms with Crippen LogP contribution in [0, 0.1) is 5.41 Å². The summed E-state index contributed by atoms with van der Waals surface area (Å²) in [5.74, 6) is 0.310. The molecule has 136 valence electrons. The number of nitrogens with one attached hydrogen (secondary N) is 2. The zero-order chi connectivity index (χ0) is 18.3. The third-order valence-corrected chi connectivity index (χ3v) is 4.12. The number of benzene rings is 1. The molecule has 25 heavy (non-hydrogen) atoms. The van der Waals surface area contributed by atoms with E-state index in [1.165, 1.54) is 0 Å². The Labute approximate surface area is 152 Å². The molecule has 1 fully saturated rings. The van der Waals surface area contributed by atoms with E-state index in [2.05, 4.69) is 24.1 Å². The van der Waals surface area contributed by atoms with Crippen LogP contribution in [0.5, 0.6) is 5.75 Å². The number of hydrogen-bond acceptors (Lipinski definition) is 4. The lowest BCUT2D eigenvalue weighted by molar-refractivity contribution is -0.123. The van der Waals surface area contributed by atoms with E-state index in [0.717, 1.165) is 12.8 Å². The lowest BCUT2D eigenvalue weighted by Gasteiger charge is -2.12. The Morgan fingerprint density at radius 2 is 1.96 bits per heavy atom. The van der Waals surface area contributed by atoms with Gasteiger partial charge in [0, 0.05) is 29.1 Å². The van der Waals surface area contributed by atoms with Crippen LogP contribution in [0.4, 0.5) is 4.79 Å². The van der Waals surface area contributed by atoms with E-state index >= 15 is 0 Å². The van der Waals surface area contributed by atoms with E-state index in [0.29, 0.717) is 36.0 Å². The minimum Gasteiger partial charge on any atom is -0.484 e. The first-order chi connectivity index (χ1) is 11.9. The molecule has 0 spiro atoms. The summed E-state index contributed by atoms with van der Waals surface area (Å²) in [5, 5.41) is 5.86. The number of alkyl carbamates (subject to hydrolysis) is 1. The van der Waals surface area contributed by atoms with Crippen molar-refractivity contribution in [2.75, 3.05) is 19.8 Å². The Balaban J connectivity index is 1.54. The largest absolute Gasteiger partial charge is 0.484 e. The second kappa shape index (κ2) is 8.76. The Kier molecular flexibility index (Phi) is 6.70. The summed E-state index contributed by atoms with van der Waals surface area (Å²) in [7, 11) is 0. The monoisotopic (exact) mass is 366 g/mol. The molecule has 0 heterocycles. The summed E-state index contributed by atoms with van der Waals surface area (Å²) in [6, 6.07) is 6.75. The molecular weight excluding hydrogens is 344 g/mol. The molecule has 1 aliphatic rings. The molecule has 1 aliphatic carbocycles. The number of hydrogen-bond donors (Lipinski definition) is 2. The van der Waals surface area contributed by atoms with Crippen LogP contribution in [-0.2, 0) is 9.53 Å². The topological polar surface area (TPSA) is 76.7 Å². The summed E-state index contributed by atoms with van der Waals surface area (Å²) in [4.78, 5) is 23.3. The van der Waals surface area contributed by atoms with E-state index in [1.807, 2.05) is 0 Å². The average molecular weight is 367 g/mol. The van der Waals surface area contributed by atoms with Crippen molar-refractivity contribution in [2.45, 2.75) is 26.2 Å². The lowest BCUT2D eigenvalue weighted by Crippen LogP contribution is -2.32. The van der Waals surface area contributed by atoms with Crippen molar-refractivity contribution in [3.8, 4) is 5.75 Å². The highest BCUT2D eigenvalue weighted by Crippen LogP contribution is 2.44. The predicted molar refractivity (Wildman–Crippen MR) is 95.5 cm³/mol. The van der Waals surface area contributed by atoms with Crippen LogP contribution >= 0.6 is 11.6 Å². The SMILES string of the molecule is C=C(CCNC(=O)COc1ccc(Cl)cc1)NC(=O)OCC1(C)CC1. The number of carbonyl (C=O) groups is 2. The van der Waals surface area contributed by atoms with Gasteiger partial charge in [-0.2, -0.15) is 0 Å². The predicted octanol–water partition coefficient (Wildman–Crippen LogP) is 3.27. The van der Waals surface area contributed by atoms with Crippen molar-refractivity contribution < 1.29 is 19.1 Å². The summed E-state index contributed by atoms with van der Waals surface area (Å²) >= 11 is 5.77. The third kappa shape index (κ3) is 7.47. The fourth-order valence-corrected chi connectivity index (χ4v) is 2.05. The number of amides is 2. The number of carbonyl (C=O) groups excluding carboxylic acids is 2. The van der Waals surface area contributed by atoms with Gasteiger partial charge < -0.3 is 14.8 Å². The van der Waals surface area contributed by atoms with Gasteiger partial charge in [0.05, 0.1) is 6.61 Å². The highest BCUT2D eigenvalue weighted by molar-refractivity contribution is 6.30. The Morgan fingerprint density at radius 3 is 2.60 bits per heavy atom. The van der Waals surface area contributed by atoms with Gasteiger partial charge in [-0.05, 0) is 37.1 Å². The highest BCUT2D eigenvalue weighted by atomic mass is 35.5. The van der Waals surface area contributed by atoms with Gasteiger partial charge in [-0.15, -0.1) is 0 Å². The normalized spacial score (nSPS) is 14.3. The summed E-state index contributed by atoms with van der Waals surface area (Å²) in [6.45, 7) is 6.50. The van der Waals surface area contributed by atoms with Crippen molar-refractivity contribution in [1.29, 1.82) is 0 Å². The van der Waals surface area contributed by atoms with Gasteiger partial charge in [0.15, 0.2) is 6.61 Å². The highest BCUT2D eigenvalue weighted by Gasteiger charge is 2.38. The van der Waals surface area contributed by atoms with Gasteiger partial charge in [0.1, 0.15) is 5.75 Å². The maximum absolute atomic E-state index is 11.7. The van der Waals surface area contributed by atoms with E-state index < -0.39 is 6.09 Å². The van der Waals surface area contributed by atoms with E-state index in [1.54, 1.807) is 24.3 Å². The minimum atomic E-state index is -0.504. The van der Waals surface area contributed by atoms with Gasteiger partial charge in [-0.25, -0.2) is 4.79 Å². The molecule has 1 aromatic carbocycles. The van der Waals surface area contributed by atoms with Crippen molar-refractivity contribution in [3.63, 3.8) is 0 Å². The molecule has 0 unspecified atom stereocenters. The fraction of sp³-hybridized carbons (Fsp3) is 0.444. The Hall–Kier alpha value is -2.21. The molecular formula is C18H23ClN2O4. The van der Waals surface area contributed by atoms with Gasteiger partial charge in [-0.1, -0.05) is 25.1 Å². The smallest absolute Gasteiger partial charge is 0.411 e. The van der Waals surface area contributed by atoms with Crippen molar-refractivity contribution >= 4 is 23.6 Å². The Bertz CT molecular complexity index is 626. The van der Waals surface area contributed by atoms with Crippen LogP contribution in [0.25, 0.3) is 0 Å². The van der Waals surface area contributed by atoms with Crippen LogP contribution in [0.1, 0.15) is 26.2 Å². The lowest BCUT2D eigenvalue weighted by atomic mass is 10.2. The number of halogens is 1. The molecule has 0 bridgehead atoms. The van der Waals surface area contributed by atoms with E-state index in [-0.39, 0.29) is 17.9 Å². The van der Waals surface area contributed by atoms with Crippen LogP contribution in [0.2, 0.25) is 5.02 Å². The van der Waals surface area contributed by atoms with Gasteiger partial charge in [-0.3, -0.25) is 10.1 Å². The van der Waals surface area contributed by atoms with Crippen molar-refractivity contribution in [1.82, 2.24) is 10.6 Å². The first-order valence-electron chi connectivity index (χ1n) is 8.13. The molecule has 2 rings (SSSR count). The summed E-state index contributed by atoms with van der Waals surface area (Å²) < 4.78 is 10.5. The average Bonchev–Trinajstić information content (AvgIpc) is 3.30. The Morgan fingerprint density at radius 1 is 1.28 bits per heavy atom. The van der Waals surface area contributed by atoms with Crippen LogP contribution in [-0.4, -0.2) is 31.8 Å². The second-order valence-electron chi connectivity index (χ2n) is 6.46. The quantitative estimate of drug-likeness (QED) is 0.703. The second-order valence-corrected chi connectivity index (χ2v) is 6.89. The molecule has 0 aromatic heterocycles. The molecule has 6 nitrogen and oxygen atoms in total. The maximum atomic E-state index is 11.7. The molecule has 0 saturated heterocycles. The van der Waals surface area contributed by atoms with Crippen molar-refractivity contribution in [2.24, 2.45) is 5.41 Å². The molecule has 2 amide bonds. The molecule has 1 aromatic rings. The minimum absolute atomic E-state index is 0.0951. The van der Waals surface area contributed by atoms with Crippen LogP contribution < -0.4 is 15.4 Å². The first-order valence-corrected chi connectivity index (χ1v) is 8.51. The molecule has 0 atom stereocenters. The maximum Gasteiger partial charge on any atom is 0.411 e. The summed E-state index contributed by atoms with van der Waals surface area (Å²) in [6.07, 6.45) is 2.09. The van der Waals surface area contributed by atoms with Crippen LogP contribution in [0.3, 0.4) is 0 Å². The molecule has 7 heteroatoms. The zero-order valence-corrected chi connectivity index (χ0v) is 15.0. The number of ether oxygens (including phenoxy) is 2. The van der Waals surface area contributed by atoms with Crippen molar-refractivity contribution in [3.05, 3.63) is 41.6 Å². The van der Waals surface area contributed by atoms with E-state index in [4.69, 9.17) is 21.1 Å². The molecule has 1 saturated carbocycles. The van der Waals surface area contributed by atoms with Gasteiger partial charge >= 0.3 is 6.09 Å². The van der Waals surface area contributed by atoms with Gasteiger partial charge in [0.25, 0.3) is 5.91 Å². The van der Waals surface area contributed by atoms with Gasteiger partial charge in [0.2, 0.25) is 0 Å². The fourth-order valence-electron chi connectivity index (χ4n) is 1.92. The zero-order valence-electron chi connectivity index (χ0n) is 14.3. The van der Waals surface area contributed by atoms with Crippen LogP contribution in [0.15, 0.2) is 36.5 Å². The molecule has 0 aliphatic heterocycles.